The third-order valence-electron chi connectivity index (χ3n) is 2.21. The normalized spacial score (nSPS) is 10.7. The molecule has 0 saturated carbocycles. The third-order valence-corrected chi connectivity index (χ3v) is 2.80. The van der Waals surface area contributed by atoms with Crippen molar-refractivity contribution >= 4 is 34.8 Å². The largest absolute Gasteiger partial charge is 0.491 e. The SMILES string of the molecule is CCOC(=O)c1cnn2c(Cl)c(OC)c(Cl)nc12. The predicted octanol–water partition coefficient (Wildman–Crippen LogP) is 2.22. The van der Waals surface area contributed by atoms with E-state index in [1.165, 1.54) is 17.8 Å². The average molecular weight is 290 g/mol. The summed E-state index contributed by atoms with van der Waals surface area (Å²) in [5, 5.41) is 4.15. The van der Waals surface area contributed by atoms with Gasteiger partial charge in [-0.2, -0.15) is 9.61 Å². The second-order valence-electron chi connectivity index (χ2n) is 3.24. The first kappa shape index (κ1) is 12.9. The number of hydrogen-bond donors (Lipinski definition) is 0. The van der Waals surface area contributed by atoms with Crippen molar-refractivity contribution in [2.45, 2.75) is 6.92 Å². The van der Waals surface area contributed by atoms with Crippen LogP contribution in [0.3, 0.4) is 0 Å². The molecule has 6 nitrogen and oxygen atoms in total. The number of halogens is 2. The number of carbonyl (C=O) groups excluding carboxylic acids is 1. The molecule has 0 aliphatic rings. The van der Waals surface area contributed by atoms with E-state index in [2.05, 4.69) is 10.1 Å². The molecule has 0 aliphatic carbocycles. The number of aromatic nitrogens is 3. The maximum Gasteiger partial charge on any atom is 0.343 e. The molecule has 0 N–H and O–H groups in total. The molecular weight excluding hydrogens is 281 g/mol. The van der Waals surface area contributed by atoms with E-state index in [9.17, 15) is 4.79 Å². The minimum atomic E-state index is -0.530. The molecule has 0 amide bonds. The first-order valence-electron chi connectivity index (χ1n) is 5.04. The van der Waals surface area contributed by atoms with Crippen LogP contribution in [0.2, 0.25) is 10.3 Å². The fourth-order valence-electron chi connectivity index (χ4n) is 1.44. The molecule has 0 atom stereocenters. The van der Waals surface area contributed by atoms with Crippen LogP contribution in [-0.2, 0) is 4.74 Å². The number of nitrogens with zero attached hydrogens (tertiary/aromatic N) is 3. The van der Waals surface area contributed by atoms with Crippen LogP contribution >= 0.6 is 23.2 Å². The van der Waals surface area contributed by atoms with Gasteiger partial charge in [-0.05, 0) is 6.92 Å². The van der Waals surface area contributed by atoms with Crippen LogP contribution in [0.4, 0.5) is 0 Å². The quantitative estimate of drug-likeness (QED) is 0.640. The smallest absolute Gasteiger partial charge is 0.343 e. The molecule has 0 saturated heterocycles. The molecule has 2 rings (SSSR count). The van der Waals surface area contributed by atoms with Crippen LogP contribution in [0.15, 0.2) is 6.20 Å². The van der Waals surface area contributed by atoms with Crippen LogP contribution in [0, 0.1) is 0 Å². The van der Waals surface area contributed by atoms with Crippen LogP contribution in [0.5, 0.6) is 5.75 Å². The molecule has 2 aromatic heterocycles. The summed E-state index contributed by atoms with van der Waals surface area (Å²) in [5.74, 6) is -0.332. The molecule has 2 heterocycles. The van der Waals surface area contributed by atoms with E-state index in [0.717, 1.165) is 0 Å². The second-order valence-corrected chi connectivity index (χ2v) is 3.96. The molecule has 0 radical (unpaired) electrons. The van der Waals surface area contributed by atoms with Crippen molar-refractivity contribution in [3.63, 3.8) is 0 Å². The molecule has 0 aromatic carbocycles. The Balaban J connectivity index is 2.64. The van der Waals surface area contributed by atoms with E-state index in [0.29, 0.717) is 0 Å². The molecule has 18 heavy (non-hydrogen) atoms. The lowest BCUT2D eigenvalue weighted by molar-refractivity contribution is 0.0528. The van der Waals surface area contributed by atoms with Gasteiger partial charge in [0.2, 0.25) is 0 Å². The lowest BCUT2D eigenvalue weighted by Crippen LogP contribution is -2.05. The Bertz CT molecular complexity index is 612. The molecule has 96 valence electrons. The summed E-state index contributed by atoms with van der Waals surface area (Å²) in [4.78, 5) is 15.7. The van der Waals surface area contributed by atoms with E-state index in [-0.39, 0.29) is 33.9 Å². The Morgan fingerprint density at radius 2 is 2.22 bits per heavy atom. The average Bonchev–Trinajstić information content (AvgIpc) is 2.73. The monoisotopic (exact) mass is 289 g/mol. The van der Waals surface area contributed by atoms with Crippen molar-refractivity contribution in [1.29, 1.82) is 0 Å². The molecule has 2 aromatic rings. The highest BCUT2D eigenvalue weighted by Gasteiger charge is 2.20. The van der Waals surface area contributed by atoms with Gasteiger partial charge in [0, 0.05) is 0 Å². The third kappa shape index (κ3) is 1.97. The summed E-state index contributed by atoms with van der Waals surface area (Å²) >= 11 is 11.9. The van der Waals surface area contributed by atoms with Crippen molar-refractivity contribution in [1.82, 2.24) is 14.6 Å². The maximum absolute atomic E-state index is 11.7. The first-order chi connectivity index (χ1) is 8.60. The highest BCUT2D eigenvalue weighted by atomic mass is 35.5. The Kier molecular flexibility index (Phi) is 3.58. The van der Waals surface area contributed by atoms with Crippen molar-refractivity contribution < 1.29 is 14.3 Å². The number of ether oxygens (including phenoxy) is 2. The van der Waals surface area contributed by atoms with Crippen molar-refractivity contribution in [3.05, 3.63) is 22.1 Å². The van der Waals surface area contributed by atoms with Crippen LogP contribution < -0.4 is 4.74 Å². The zero-order valence-corrected chi connectivity index (χ0v) is 11.1. The number of rotatable bonds is 3. The van der Waals surface area contributed by atoms with Crippen molar-refractivity contribution in [2.75, 3.05) is 13.7 Å². The molecule has 8 heteroatoms. The summed E-state index contributed by atoms with van der Waals surface area (Å²) in [7, 11) is 1.41. The highest BCUT2D eigenvalue weighted by Crippen LogP contribution is 2.32. The maximum atomic E-state index is 11.7. The minimum absolute atomic E-state index is 0.0565. The van der Waals surface area contributed by atoms with E-state index in [4.69, 9.17) is 32.7 Å². The number of hydrogen-bond acceptors (Lipinski definition) is 5. The number of carbonyl (C=O) groups is 1. The fourth-order valence-corrected chi connectivity index (χ4v) is 2.02. The highest BCUT2D eigenvalue weighted by molar-refractivity contribution is 6.36. The Morgan fingerprint density at radius 3 is 2.83 bits per heavy atom. The van der Waals surface area contributed by atoms with E-state index in [1.54, 1.807) is 6.92 Å². The zero-order chi connectivity index (χ0) is 13.3. The standard InChI is InChI=1S/C10H9Cl2N3O3/c1-3-18-10(16)5-4-13-15-8(12)6(17-2)7(11)14-9(5)15/h4H,3H2,1-2H3. The first-order valence-corrected chi connectivity index (χ1v) is 5.79. The van der Waals surface area contributed by atoms with Crippen LogP contribution in [-0.4, -0.2) is 34.3 Å². The lowest BCUT2D eigenvalue weighted by atomic mass is 10.3. The van der Waals surface area contributed by atoms with Gasteiger partial charge < -0.3 is 9.47 Å². The van der Waals surface area contributed by atoms with Gasteiger partial charge in [-0.3, -0.25) is 0 Å². The Labute approximate surface area is 112 Å². The lowest BCUT2D eigenvalue weighted by Gasteiger charge is -2.06. The topological polar surface area (TPSA) is 65.7 Å². The minimum Gasteiger partial charge on any atom is -0.491 e. The van der Waals surface area contributed by atoms with Gasteiger partial charge >= 0.3 is 5.97 Å². The van der Waals surface area contributed by atoms with E-state index in [1.807, 2.05) is 0 Å². The van der Waals surface area contributed by atoms with Crippen molar-refractivity contribution in [2.24, 2.45) is 0 Å². The molecule has 0 bridgehead atoms. The predicted molar refractivity (Wildman–Crippen MR) is 65.5 cm³/mol. The number of fused-ring (bicyclic) bond motifs is 1. The zero-order valence-electron chi connectivity index (χ0n) is 9.61. The summed E-state index contributed by atoms with van der Waals surface area (Å²) in [6, 6.07) is 0. The van der Waals surface area contributed by atoms with E-state index < -0.39 is 5.97 Å². The van der Waals surface area contributed by atoms with Gasteiger partial charge in [0.25, 0.3) is 0 Å². The van der Waals surface area contributed by atoms with Gasteiger partial charge in [-0.15, -0.1) is 0 Å². The summed E-state index contributed by atoms with van der Waals surface area (Å²) in [6.07, 6.45) is 1.32. The number of esters is 1. The van der Waals surface area contributed by atoms with Crippen LogP contribution in [0.1, 0.15) is 17.3 Å². The van der Waals surface area contributed by atoms with Gasteiger partial charge in [0.1, 0.15) is 5.56 Å². The molecule has 0 aliphatic heterocycles. The van der Waals surface area contributed by atoms with E-state index >= 15 is 0 Å². The van der Waals surface area contributed by atoms with Gasteiger partial charge in [-0.1, -0.05) is 23.2 Å². The van der Waals surface area contributed by atoms with Gasteiger partial charge in [0.05, 0.1) is 19.9 Å². The summed E-state index contributed by atoms with van der Waals surface area (Å²) in [6.45, 7) is 1.97. The van der Waals surface area contributed by atoms with Crippen LogP contribution in [0.25, 0.3) is 5.65 Å². The molecule has 0 unspecified atom stereocenters. The van der Waals surface area contributed by atoms with Gasteiger partial charge in [0.15, 0.2) is 21.7 Å². The molecular formula is C10H9Cl2N3O3. The number of methoxy groups -OCH3 is 1. The van der Waals surface area contributed by atoms with Gasteiger partial charge in [-0.25, -0.2) is 9.78 Å². The molecule has 0 spiro atoms. The Morgan fingerprint density at radius 1 is 1.50 bits per heavy atom. The summed E-state index contributed by atoms with van der Waals surface area (Å²) in [5.41, 5.74) is 0.424. The summed E-state index contributed by atoms with van der Waals surface area (Å²) < 4.78 is 11.1. The Hall–Kier alpha value is -1.53. The molecule has 0 fully saturated rings. The van der Waals surface area contributed by atoms with Crippen molar-refractivity contribution in [3.8, 4) is 5.75 Å². The second kappa shape index (κ2) is 4.99. The fraction of sp³-hybridized carbons (Fsp3) is 0.300.